The predicted molar refractivity (Wildman–Crippen MR) is 79.3 cm³/mol. The number of hydrogen-bond acceptors (Lipinski definition) is 4. The highest BCUT2D eigenvalue weighted by atomic mass is 35.5. The van der Waals surface area contributed by atoms with Gasteiger partial charge < -0.3 is 5.32 Å². The summed E-state index contributed by atoms with van der Waals surface area (Å²) in [6.07, 6.45) is 0.828. The number of nitrogens with zero attached hydrogens (tertiary/aromatic N) is 2. The Labute approximate surface area is 121 Å². The molecule has 0 unspecified atom stereocenters. The smallest absolute Gasteiger partial charge is 0.290 e. The van der Waals surface area contributed by atoms with E-state index in [2.05, 4.69) is 10.3 Å². The Hall–Kier alpha value is -2.14. The molecule has 104 valence electrons. The van der Waals surface area contributed by atoms with E-state index in [0.717, 1.165) is 11.4 Å². The first kappa shape index (κ1) is 14.3. The molecule has 2 rings (SSSR count). The maximum Gasteiger partial charge on any atom is 0.290 e. The number of nitro groups is 1. The lowest BCUT2D eigenvalue weighted by molar-refractivity contribution is -0.385. The van der Waals surface area contributed by atoms with Gasteiger partial charge in [-0.25, -0.2) is 4.98 Å². The highest BCUT2D eigenvalue weighted by molar-refractivity contribution is 6.30. The Morgan fingerprint density at radius 1 is 1.25 bits per heavy atom. The van der Waals surface area contributed by atoms with Gasteiger partial charge in [-0.2, -0.15) is 0 Å². The maximum absolute atomic E-state index is 10.7. The normalized spacial score (nSPS) is 10.3. The van der Waals surface area contributed by atoms with Crippen molar-refractivity contribution in [2.45, 2.75) is 13.3 Å². The average molecular weight is 292 g/mol. The SMILES string of the molecule is Cc1nc(NCCc2ccc(Cl)cc2)ccc1[N+](=O)[O-]. The van der Waals surface area contributed by atoms with Crippen molar-refractivity contribution in [3.8, 4) is 0 Å². The standard InChI is InChI=1S/C14H14ClN3O2/c1-10-13(18(19)20)6-7-14(17-10)16-9-8-11-2-4-12(15)5-3-11/h2-7H,8-9H2,1H3,(H,16,17). The number of halogens is 1. The molecule has 0 aliphatic carbocycles. The number of pyridine rings is 1. The average Bonchev–Trinajstić information content (AvgIpc) is 2.41. The van der Waals surface area contributed by atoms with Gasteiger partial charge in [0.1, 0.15) is 11.5 Å². The number of hydrogen-bond donors (Lipinski definition) is 1. The molecule has 0 saturated heterocycles. The molecule has 0 fully saturated rings. The van der Waals surface area contributed by atoms with Gasteiger partial charge in [-0.05, 0) is 37.1 Å². The zero-order valence-corrected chi connectivity index (χ0v) is 11.7. The van der Waals surface area contributed by atoms with Crippen molar-refractivity contribution in [1.82, 2.24) is 4.98 Å². The van der Waals surface area contributed by atoms with Gasteiger partial charge in [0.2, 0.25) is 0 Å². The monoisotopic (exact) mass is 291 g/mol. The predicted octanol–water partition coefficient (Wildman–Crippen LogP) is 3.61. The summed E-state index contributed by atoms with van der Waals surface area (Å²) in [7, 11) is 0. The zero-order valence-electron chi connectivity index (χ0n) is 11.0. The summed E-state index contributed by atoms with van der Waals surface area (Å²) in [5, 5.41) is 14.6. The molecule has 0 radical (unpaired) electrons. The third kappa shape index (κ3) is 3.68. The molecule has 20 heavy (non-hydrogen) atoms. The third-order valence-electron chi connectivity index (χ3n) is 2.89. The van der Waals surface area contributed by atoms with Crippen LogP contribution in [0.4, 0.5) is 11.5 Å². The van der Waals surface area contributed by atoms with Crippen molar-refractivity contribution in [2.75, 3.05) is 11.9 Å². The van der Waals surface area contributed by atoms with Crippen LogP contribution in [0.3, 0.4) is 0 Å². The molecule has 0 amide bonds. The molecule has 0 bridgehead atoms. The molecular weight excluding hydrogens is 278 g/mol. The van der Waals surface area contributed by atoms with Crippen LogP contribution in [-0.4, -0.2) is 16.5 Å². The van der Waals surface area contributed by atoms with Crippen LogP contribution in [0.15, 0.2) is 36.4 Å². The van der Waals surface area contributed by atoms with E-state index < -0.39 is 4.92 Å². The lowest BCUT2D eigenvalue weighted by atomic mass is 10.1. The van der Waals surface area contributed by atoms with E-state index in [1.54, 1.807) is 13.0 Å². The number of aryl methyl sites for hydroxylation is 1. The number of aromatic nitrogens is 1. The summed E-state index contributed by atoms with van der Waals surface area (Å²) in [6, 6.07) is 10.7. The molecule has 1 N–H and O–H groups in total. The van der Waals surface area contributed by atoms with Crippen molar-refractivity contribution >= 4 is 23.1 Å². The second-order valence-electron chi connectivity index (χ2n) is 4.36. The minimum absolute atomic E-state index is 0.0354. The maximum atomic E-state index is 10.7. The first-order valence-corrected chi connectivity index (χ1v) is 6.54. The van der Waals surface area contributed by atoms with Crippen LogP contribution < -0.4 is 5.32 Å². The van der Waals surface area contributed by atoms with E-state index in [1.807, 2.05) is 24.3 Å². The van der Waals surface area contributed by atoms with Crippen LogP contribution in [0.2, 0.25) is 5.02 Å². The van der Waals surface area contributed by atoms with Gasteiger partial charge in [0.15, 0.2) is 0 Å². The molecule has 1 heterocycles. The van der Waals surface area contributed by atoms with Crippen LogP contribution in [0.5, 0.6) is 0 Å². The van der Waals surface area contributed by atoms with Crippen molar-refractivity contribution in [3.05, 3.63) is 62.8 Å². The van der Waals surface area contributed by atoms with Gasteiger partial charge in [-0.3, -0.25) is 10.1 Å². The molecule has 1 aromatic heterocycles. The first-order valence-electron chi connectivity index (χ1n) is 6.16. The van der Waals surface area contributed by atoms with Crippen molar-refractivity contribution in [2.24, 2.45) is 0 Å². The fraction of sp³-hybridized carbons (Fsp3) is 0.214. The largest absolute Gasteiger partial charge is 0.370 e. The summed E-state index contributed by atoms with van der Waals surface area (Å²) in [6.45, 7) is 2.33. The lowest BCUT2D eigenvalue weighted by Crippen LogP contribution is -2.07. The first-order chi connectivity index (χ1) is 9.56. The Bertz CT molecular complexity index is 614. The van der Waals surface area contributed by atoms with Crippen molar-refractivity contribution in [3.63, 3.8) is 0 Å². The quantitative estimate of drug-likeness (QED) is 0.675. The summed E-state index contributed by atoms with van der Waals surface area (Å²) in [4.78, 5) is 14.4. The van der Waals surface area contributed by atoms with Gasteiger partial charge in [0, 0.05) is 17.6 Å². The number of rotatable bonds is 5. The lowest BCUT2D eigenvalue weighted by Gasteiger charge is -2.06. The van der Waals surface area contributed by atoms with Crippen LogP contribution in [-0.2, 0) is 6.42 Å². The molecule has 0 saturated carbocycles. The zero-order chi connectivity index (χ0) is 14.5. The van der Waals surface area contributed by atoms with E-state index in [9.17, 15) is 10.1 Å². The Kier molecular flexibility index (Phi) is 4.53. The number of anilines is 1. The van der Waals surface area contributed by atoms with Crippen LogP contribution in [0, 0.1) is 17.0 Å². The van der Waals surface area contributed by atoms with Crippen LogP contribution in [0.25, 0.3) is 0 Å². The second-order valence-corrected chi connectivity index (χ2v) is 4.80. The summed E-state index contributed by atoms with van der Waals surface area (Å²) in [5.41, 5.74) is 1.61. The van der Waals surface area contributed by atoms with Crippen molar-refractivity contribution < 1.29 is 4.92 Å². The summed E-state index contributed by atoms with van der Waals surface area (Å²) >= 11 is 5.82. The molecule has 0 aliphatic rings. The minimum atomic E-state index is -0.431. The fourth-order valence-electron chi connectivity index (χ4n) is 1.83. The summed E-state index contributed by atoms with van der Waals surface area (Å²) < 4.78 is 0. The van der Waals surface area contributed by atoms with Crippen LogP contribution in [0.1, 0.15) is 11.3 Å². The van der Waals surface area contributed by atoms with E-state index in [1.165, 1.54) is 11.6 Å². The highest BCUT2D eigenvalue weighted by Gasteiger charge is 2.11. The Morgan fingerprint density at radius 3 is 2.55 bits per heavy atom. The molecule has 0 aliphatic heterocycles. The molecule has 2 aromatic rings. The highest BCUT2D eigenvalue weighted by Crippen LogP contribution is 2.17. The molecule has 0 atom stereocenters. The molecular formula is C14H14ClN3O2. The van der Waals surface area contributed by atoms with Gasteiger partial charge >= 0.3 is 0 Å². The number of benzene rings is 1. The van der Waals surface area contributed by atoms with Crippen molar-refractivity contribution in [1.29, 1.82) is 0 Å². The Balaban J connectivity index is 1.92. The van der Waals surface area contributed by atoms with E-state index >= 15 is 0 Å². The minimum Gasteiger partial charge on any atom is -0.370 e. The van der Waals surface area contributed by atoms with E-state index in [0.29, 0.717) is 18.1 Å². The third-order valence-corrected chi connectivity index (χ3v) is 3.14. The molecule has 6 heteroatoms. The number of nitrogens with one attached hydrogen (secondary N) is 1. The van der Waals surface area contributed by atoms with E-state index in [4.69, 9.17) is 11.6 Å². The van der Waals surface area contributed by atoms with Gasteiger partial charge in [-0.1, -0.05) is 23.7 Å². The molecule has 5 nitrogen and oxygen atoms in total. The van der Waals surface area contributed by atoms with Gasteiger partial charge in [0.05, 0.1) is 4.92 Å². The van der Waals surface area contributed by atoms with E-state index in [-0.39, 0.29) is 5.69 Å². The van der Waals surface area contributed by atoms with Gasteiger partial charge in [-0.15, -0.1) is 0 Å². The molecule has 1 aromatic carbocycles. The second kappa shape index (κ2) is 6.34. The fourth-order valence-corrected chi connectivity index (χ4v) is 1.96. The topological polar surface area (TPSA) is 68.1 Å². The summed E-state index contributed by atoms with van der Waals surface area (Å²) in [5.74, 6) is 0.641. The van der Waals surface area contributed by atoms with Gasteiger partial charge in [0.25, 0.3) is 5.69 Å². The Morgan fingerprint density at radius 2 is 1.95 bits per heavy atom. The molecule has 0 spiro atoms. The van der Waals surface area contributed by atoms with Crippen LogP contribution >= 0.6 is 11.6 Å².